The Kier molecular flexibility index (Phi) is 4.66. The van der Waals surface area contributed by atoms with E-state index >= 15 is 0 Å². The van der Waals surface area contributed by atoms with Gasteiger partial charge in [0.15, 0.2) is 0 Å². The van der Waals surface area contributed by atoms with Crippen LogP contribution < -0.4 is 10.1 Å². The topological polar surface area (TPSA) is 47.0 Å². The maximum atomic E-state index is 5.85. The average molecular weight is 287 g/mol. The van der Waals surface area contributed by atoms with Crippen LogP contribution in [0, 0.1) is 5.92 Å². The summed E-state index contributed by atoms with van der Waals surface area (Å²) in [5.41, 5.74) is 1.64. The fourth-order valence-electron chi connectivity index (χ4n) is 1.86. The van der Waals surface area contributed by atoms with E-state index in [2.05, 4.69) is 42.6 Å². The Morgan fingerprint density at radius 1 is 1.43 bits per heavy atom. The Morgan fingerprint density at radius 2 is 2.14 bits per heavy atom. The predicted molar refractivity (Wildman–Crippen MR) is 86.2 cm³/mol. The van der Waals surface area contributed by atoms with E-state index in [0.29, 0.717) is 11.8 Å². The van der Waals surface area contributed by atoms with E-state index in [0.717, 1.165) is 23.7 Å². The highest BCUT2D eigenvalue weighted by atomic mass is 16.5. The Morgan fingerprint density at radius 3 is 2.67 bits per heavy atom. The molecule has 0 saturated heterocycles. The molecule has 1 fully saturated rings. The molecule has 0 bridgehead atoms. The molecule has 0 radical (unpaired) electrons. The van der Waals surface area contributed by atoms with Crippen molar-refractivity contribution < 1.29 is 4.74 Å². The highest BCUT2D eigenvalue weighted by Gasteiger charge is 2.24. The molecule has 0 atom stereocenters. The molecule has 4 nitrogen and oxygen atoms in total. The van der Waals surface area contributed by atoms with Gasteiger partial charge in [0, 0.05) is 30.3 Å². The van der Waals surface area contributed by atoms with E-state index < -0.39 is 0 Å². The minimum Gasteiger partial charge on any atom is -0.477 e. The molecule has 2 rings (SSSR count). The van der Waals surface area contributed by atoms with Crippen LogP contribution in [0.25, 0.3) is 5.57 Å². The molecule has 1 aliphatic carbocycles. The number of ether oxygens (including phenoxy) is 1. The fraction of sp³-hybridized carbons (Fsp3) is 0.529. The molecule has 1 aromatic rings. The number of aromatic nitrogens is 2. The molecule has 21 heavy (non-hydrogen) atoms. The number of hydrogen-bond donors (Lipinski definition) is 1. The van der Waals surface area contributed by atoms with Gasteiger partial charge in [0.05, 0.1) is 12.3 Å². The first-order valence-corrected chi connectivity index (χ1v) is 7.46. The van der Waals surface area contributed by atoms with Crippen LogP contribution in [0.5, 0.6) is 5.88 Å². The number of hydrogen-bond acceptors (Lipinski definition) is 4. The second-order valence-electron chi connectivity index (χ2n) is 6.51. The molecule has 0 amide bonds. The zero-order valence-electron chi connectivity index (χ0n) is 13.4. The van der Waals surface area contributed by atoms with Gasteiger partial charge in [-0.25, -0.2) is 4.98 Å². The summed E-state index contributed by atoms with van der Waals surface area (Å²) in [6.07, 6.45) is 6.20. The molecule has 1 aliphatic rings. The Balaban J connectivity index is 2.35. The summed E-state index contributed by atoms with van der Waals surface area (Å²) in [4.78, 5) is 9.23. The van der Waals surface area contributed by atoms with E-state index in [9.17, 15) is 0 Å². The van der Waals surface area contributed by atoms with Crippen LogP contribution in [-0.4, -0.2) is 23.6 Å². The third-order valence-electron chi connectivity index (χ3n) is 3.35. The highest BCUT2D eigenvalue weighted by Crippen LogP contribution is 2.30. The lowest BCUT2D eigenvalue weighted by atomic mass is 9.95. The third-order valence-corrected chi connectivity index (χ3v) is 3.35. The fourth-order valence-corrected chi connectivity index (χ4v) is 1.86. The Hall–Kier alpha value is -1.84. The monoisotopic (exact) mass is 287 g/mol. The van der Waals surface area contributed by atoms with E-state index in [-0.39, 0.29) is 5.41 Å². The minimum absolute atomic E-state index is 0.125. The first-order chi connectivity index (χ1) is 9.94. The normalized spacial score (nSPS) is 15.7. The predicted octanol–water partition coefficient (Wildman–Crippen LogP) is 3.31. The van der Waals surface area contributed by atoms with Crippen molar-refractivity contribution in [1.29, 1.82) is 0 Å². The van der Waals surface area contributed by atoms with Gasteiger partial charge in [-0.3, -0.25) is 0 Å². The van der Waals surface area contributed by atoms with Crippen LogP contribution in [-0.2, 0) is 5.41 Å². The molecule has 1 aromatic heterocycles. The van der Waals surface area contributed by atoms with Crippen LogP contribution in [0.2, 0.25) is 0 Å². The second-order valence-corrected chi connectivity index (χ2v) is 6.51. The summed E-state index contributed by atoms with van der Waals surface area (Å²) in [7, 11) is 1.86. The van der Waals surface area contributed by atoms with Gasteiger partial charge in [-0.15, -0.1) is 0 Å². The van der Waals surface area contributed by atoms with E-state index in [1.54, 1.807) is 6.08 Å². The zero-order chi connectivity index (χ0) is 15.5. The Labute approximate surface area is 127 Å². The van der Waals surface area contributed by atoms with Crippen molar-refractivity contribution in [2.45, 2.75) is 39.0 Å². The number of nitrogens with zero attached hydrogens (tertiary/aromatic N) is 2. The van der Waals surface area contributed by atoms with Crippen molar-refractivity contribution >= 4 is 5.57 Å². The Bertz CT molecular complexity index is 539. The summed E-state index contributed by atoms with van der Waals surface area (Å²) in [5, 5.41) is 3.02. The number of nitrogens with one attached hydrogen (secondary N) is 1. The maximum Gasteiger partial charge on any atom is 0.217 e. The largest absolute Gasteiger partial charge is 0.477 e. The second kappa shape index (κ2) is 6.29. The van der Waals surface area contributed by atoms with Gasteiger partial charge in [-0.2, -0.15) is 4.98 Å². The van der Waals surface area contributed by atoms with Crippen LogP contribution in [0.3, 0.4) is 0 Å². The minimum atomic E-state index is -0.125. The lowest BCUT2D eigenvalue weighted by molar-refractivity contribution is 0.285. The molecule has 1 N–H and O–H groups in total. The summed E-state index contributed by atoms with van der Waals surface area (Å²) >= 11 is 0. The van der Waals surface area contributed by atoms with Gasteiger partial charge >= 0.3 is 0 Å². The van der Waals surface area contributed by atoms with Gasteiger partial charge in [0.1, 0.15) is 5.82 Å². The molecule has 0 aromatic carbocycles. The third kappa shape index (κ3) is 4.31. The van der Waals surface area contributed by atoms with Crippen molar-refractivity contribution in [2.75, 3.05) is 13.7 Å². The van der Waals surface area contributed by atoms with E-state index in [4.69, 9.17) is 4.74 Å². The van der Waals surface area contributed by atoms with Gasteiger partial charge in [-0.05, 0) is 18.8 Å². The van der Waals surface area contributed by atoms with Crippen LogP contribution in [0.15, 0.2) is 24.9 Å². The molecule has 0 aliphatic heterocycles. The molecule has 0 spiro atoms. The summed E-state index contributed by atoms with van der Waals surface area (Å²) in [6, 6.07) is 1.89. The first kappa shape index (κ1) is 15.5. The van der Waals surface area contributed by atoms with Crippen molar-refractivity contribution in [3.63, 3.8) is 0 Å². The summed E-state index contributed by atoms with van der Waals surface area (Å²) < 4.78 is 5.85. The van der Waals surface area contributed by atoms with E-state index in [1.807, 2.05) is 19.3 Å². The molecular formula is C17H25N3O. The number of rotatable bonds is 6. The van der Waals surface area contributed by atoms with Crippen LogP contribution in [0.4, 0.5) is 0 Å². The molecule has 114 valence electrons. The lowest BCUT2D eigenvalue weighted by Crippen LogP contribution is -2.18. The lowest BCUT2D eigenvalue weighted by Gasteiger charge is -2.19. The van der Waals surface area contributed by atoms with E-state index in [1.165, 1.54) is 12.8 Å². The maximum absolute atomic E-state index is 5.85. The molecule has 0 unspecified atom stereocenters. The van der Waals surface area contributed by atoms with Crippen molar-refractivity contribution in [1.82, 2.24) is 15.3 Å². The quantitative estimate of drug-likeness (QED) is 0.815. The summed E-state index contributed by atoms with van der Waals surface area (Å²) in [6.45, 7) is 10.9. The van der Waals surface area contributed by atoms with Crippen LogP contribution in [0.1, 0.15) is 45.1 Å². The SMILES string of the molecule is C=C/C(=C\NC)c1cc(OCC2CC2)nc(C(C)(C)C)n1. The van der Waals surface area contributed by atoms with Gasteiger partial charge in [-0.1, -0.05) is 33.4 Å². The highest BCUT2D eigenvalue weighted by molar-refractivity contribution is 5.71. The van der Waals surface area contributed by atoms with Gasteiger partial charge in [0.2, 0.25) is 5.88 Å². The van der Waals surface area contributed by atoms with Crippen molar-refractivity contribution in [3.8, 4) is 5.88 Å². The smallest absolute Gasteiger partial charge is 0.217 e. The molecular weight excluding hydrogens is 262 g/mol. The number of allylic oxidation sites excluding steroid dienone is 2. The zero-order valence-corrected chi connectivity index (χ0v) is 13.4. The van der Waals surface area contributed by atoms with Crippen molar-refractivity contribution in [2.24, 2.45) is 5.92 Å². The first-order valence-electron chi connectivity index (χ1n) is 7.46. The molecule has 4 heteroatoms. The van der Waals surface area contributed by atoms with Crippen molar-refractivity contribution in [3.05, 3.63) is 36.4 Å². The molecule has 1 saturated carbocycles. The van der Waals surface area contributed by atoms with Gasteiger partial charge in [0.25, 0.3) is 0 Å². The summed E-state index contributed by atoms with van der Waals surface area (Å²) in [5.74, 6) is 2.14. The molecule has 1 heterocycles. The average Bonchev–Trinajstić information content (AvgIpc) is 3.25. The standard InChI is InChI=1S/C17H25N3O/c1-6-13(10-18-5)14-9-15(21-11-12-7-8-12)20-16(19-14)17(2,3)4/h6,9-10,12,18H,1,7-8,11H2,2-5H3/b13-10+. The van der Waals surface area contributed by atoms with Crippen LogP contribution >= 0.6 is 0 Å². The van der Waals surface area contributed by atoms with Gasteiger partial charge < -0.3 is 10.1 Å².